The molecule has 6 heteroatoms. The van der Waals surface area contributed by atoms with Crippen LogP contribution in [0.3, 0.4) is 0 Å². The summed E-state index contributed by atoms with van der Waals surface area (Å²) in [6.07, 6.45) is 3.87. The molecule has 0 spiro atoms. The van der Waals surface area contributed by atoms with Gasteiger partial charge >= 0.3 is 0 Å². The first-order valence-corrected chi connectivity index (χ1v) is 10.6. The lowest BCUT2D eigenvalue weighted by Crippen LogP contribution is -2.47. The Hall–Kier alpha value is -1.30. The van der Waals surface area contributed by atoms with E-state index in [4.69, 9.17) is 16.6 Å². The predicted octanol–water partition coefficient (Wildman–Crippen LogP) is 3.15. The van der Waals surface area contributed by atoms with Crippen molar-refractivity contribution in [3.05, 3.63) is 34.9 Å². The van der Waals surface area contributed by atoms with Crippen LogP contribution in [-0.2, 0) is 0 Å². The maximum atomic E-state index is 9.78. The van der Waals surface area contributed by atoms with E-state index >= 15 is 0 Å². The maximum absolute atomic E-state index is 9.78. The predicted molar refractivity (Wildman–Crippen MR) is 112 cm³/mol. The molecule has 150 valence electrons. The smallest absolute Gasteiger partial charge is 0.193 e. The lowest BCUT2D eigenvalue weighted by Gasteiger charge is -2.39. The number of hydrogen-bond acceptors (Lipinski definition) is 3. The quantitative estimate of drug-likeness (QED) is 0.610. The third-order valence-electron chi connectivity index (χ3n) is 5.77. The molecule has 5 nitrogen and oxygen atoms in total. The molecule has 0 radical (unpaired) electrons. The molecule has 2 aliphatic heterocycles. The van der Waals surface area contributed by atoms with Gasteiger partial charge in [-0.15, -0.1) is 0 Å². The Balaban J connectivity index is 1.74. The first-order valence-electron chi connectivity index (χ1n) is 10.3. The van der Waals surface area contributed by atoms with Gasteiger partial charge in [-0.25, -0.2) is 0 Å². The summed E-state index contributed by atoms with van der Waals surface area (Å²) in [5.74, 6) is 1.47. The highest BCUT2D eigenvalue weighted by Gasteiger charge is 2.31. The Morgan fingerprint density at radius 3 is 2.74 bits per heavy atom. The van der Waals surface area contributed by atoms with E-state index in [0.29, 0.717) is 12.0 Å². The number of rotatable bonds is 4. The summed E-state index contributed by atoms with van der Waals surface area (Å²) in [4.78, 5) is 9.74. The Labute approximate surface area is 168 Å². The van der Waals surface area contributed by atoms with Gasteiger partial charge in [-0.2, -0.15) is 0 Å². The number of benzene rings is 1. The minimum Gasteiger partial charge on any atom is -0.393 e. The third kappa shape index (κ3) is 5.37. The molecule has 0 bridgehead atoms. The van der Waals surface area contributed by atoms with Gasteiger partial charge in [-0.3, -0.25) is 9.89 Å². The molecular formula is C21H33ClN4O. The van der Waals surface area contributed by atoms with Gasteiger partial charge in [0.2, 0.25) is 0 Å². The van der Waals surface area contributed by atoms with Crippen molar-refractivity contribution in [3.63, 3.8) is 0 Å². The van der Waals surface area contributed by atoms with E-state index in [1.807, 2.05) is 12.1 Å². The molecule has 2 unspecified atom stereocenters. The van der Waals surface area contributed by atoms with Crippen LogP contribution in [0, 0.1) is 5.92 Å². The van der Waals surface area contributed by atoms with Crippen LogP contribution < -0.4 is 5.32 Å². The summed E-state index contributed by atoms with van der Waals surface area (Å²) in [6.45, 7) is 6.63. The zero-order valence-corrected chi connectivity index (χ0v) is 17.3. The number of guanidine groups is 1. The molecule has 2 aliphatic rings. The fourth-order valence-electron chi connectivity index (χ4n) is 4.38. The second-order valence-electron chi connectivity index (χ2n) is 7.80. The van der Waals surface area contributed by atoms with E-state index in [9.17, 15) is 5.11 Å². The topological polar surface area (TPSA) is 51.1 Å². The lowest BCUT2D eigenvalue weighted by molar-refractivity contribution is 0.107. The van der Waals surface area contributed by atoms with Crippen LogP contribution in [0.15, 0.2) is 29.3 Å². The molecule has 2 heterocycles. The molecular weight excluding hydrogens is 360 g/mol. The van der Waals surface area contributed by atoms with Gasteiger partial charge in [0.05, 0.1) is 6.10 Å². The molecule has 2 atom stereocenters. The molecule has 0 amide bonds. The van der Waals surface area contributed by atoms with Crippen LogP contribution in [-0.4, -0.2) is 66.7 Å². The molecule has 0 saturated carbocycles. The summed E-state index contributed by atoms with van der Waals surface area (Å²) in [5, 5.41) is 14.0. The highest BCUT2D eigenvalue weighted by molar-refractivity contribution is 6.30. The van der Waals surface area contributed by atoms with Crippen molar-refractivity contribution in [2.24, 2.45) is 10.9 Å². The summed E-state index contributed by atoms with van der Waals surface area (Å²) < 4.78 is 0. The summed E-state index contributed by atoms with van der Waals surface area (Å²) in [7, 11) is 2.21. The SMILES string of the molecule is CCNC(=NCC1CCCN(C)C1c1cccc(Cl)c1)N1CCC(O)CC1. The van der Waals surface area contributed by atoms with Crippen molar-refractivity contribution in [2.75, 3.05) is 39.8 Å². The Kier molecular flexibility index (Phi) is 7.39. The molecule has 0 aliphatic carbocycles. The molecule has 0 aromatic heterocycles. The van der Waals surface area contributed by atoms with Gasteiger partial charge in [-0.05, 0) is 69.8 Å². The summed E-state index contributed by atoms with van der Waals surface area (Å²) >= 11 is 6.26. The average Bonchev–Trinajstić information content (AvgIpc) is 2.66. The standard InChI is InChI=1S/C21H33ClN4O/c1-3-23-21(26-12-9-19(27)10-13-26)24-15-17-7-5-11-25(2)20(17)16-6-4-8-18(22)14-16/h4,6,8,14,17,19-20,27H,3,5,7,9-13,15H2,1-2H3,(H,23,24). The Morgan fingerprint density at radius 2 is 2.04 bits per heavy atom. The zero-order chi connectivity index (χ0) is 19.2. The minimum atomic E-state index is -0.164. The second kappa shape index (κ2) is 9.76. The van der Waals surface area contributed by atoms with Gasteiger partial charge in [0, 0.05) is 37.2 Å². The maximum Gasteiger partial charge on any atom is 0.193 e. The van der Waals surface area contributed by atoms with Crippen LogP contribution in [0.4, 0.5) is 0 Å². The fourth-order valence-corrected chi connectivity index (χ4v) is 4.57. The van der Waals surface area contributed by atoms with E-state index < -0.39 is 0 Å². The van der Waals surface area contributed by atoms with Gasteiger partial charge in [0.25, 0.3) is 0 Å². The van der Waals surface area contributed by atoms with Crippen molar-refractivity contribution in [3.8, 4) is 0 Å². The van der Waals surface area contributed by atoms with Gasteiger partial charge in [0.1, 0.15) is 0 Å². The second-order valence-corrected chi connectivity index (χ2v) is 8.23. The Morgan fingerprint density at radius 1 is 1.26 bits per heavy atom. The van der Waals surface area contributed by atoms with E-state index in [0.717, 1.165) is 56.5 Å². The number of aliphatic hydroxyl groups is 1. The van der Waals surface area contributed by atoms with Crippen LogP contribution >= 0.6 is 11.6 Å². The van der Waals surface area contributed by atoms with E-state index in [2.05, 4.69) is 41.2 Å². The minimum absolute atomic E-state index is 0.164. The summed E-state index contributed by atoms with van der Waals surface area (Å²) in [5.41, 5.74) is 1.29. The molecule has 2 N–H and O–H groups in total. The number of halogens is 1. The van der Waals surface area contributed by atoms with Gasteiger partial charge < -0.3 is 15.3 Å². The molecule has 3 rings (SSSR count). The molecule has 2 saturated heterocycles. The highest BCUT2D eigenvalue weighted by atomic mass is 35.5. The normalized spacial score (nSPS) is 25.6. The number of likely N-dealkylation sites (tertiary alicyclic amines) is 2. The van der Waals surface area contributed by atoms with E-state index in [-0.39, 0.29) is 6.10 Å². The van der Waals surface area contributed by atoms with Gasteiger partial charge in [-0.1, -0.05) is 23.7 Å². The van der Waals surface area contributed by atoms with Crippen molar-refractivity contribution in [1.82, 2.24) is 15.1 Å². The number of piperidine rings is 2. The first kappa shape index (κ1) is 20.4. The molecule has 27 heavy (non-hydrogen) atoms. The first-order chi connectivity index (χ1) is 13.1. The number of hydrogen-bond donors (Lipinski definition) is 2. The van der Waals surface area contributed by atoms with Crippen LogP contribution in [0.2, 0.25) is 5.02 Å². The largest absolute Gasteiger partial charge is 0.393 e. The van der Waals surface area contributed by atoms with Crippen LogP contribution in [0.5, 0.6) is 0 Å². The third-order valence-corrected chi connectivity index (χ3v) is 6.01. The average molecular weight is 393 g/mol. The zero-order valence-electron chi connectivity index (χ0n) is 16.6. The van der Waals surface area contributed by atoms with Gasteiger partial charge in [0.15, 0.2) is 5.96 Å². The molecule has 1 aromatic rings. The lowest BCUT2D eigenvalue weighted by atomic mass is 9.85. The van der Waals surface area contributed by atoms with Crippen molar-refractivity contribution < 1.29 is 5.11 Å². The number of nitrogens with zero attached hydrogens (tertiary/aromatic N) is 3. The number of aliphatic hydroxyl groups excluding tert-OH is 1. The molecule has 1 aromatic carbocycles. The van der Waals surface area contributed by atoms with E-state index in [1.54, 1.807) is 0 Å². The van der Waals surface area contributed by atoms with Crippen molar-refractivity contribution in [1.29, 1.82) is 0 Å². The van der Waals surface area contributed by atoms with Crippen LogP contribution in [0.1, 0.15) is 44.2 Å². The summed E-state index contributed by atoms with van der Waals surface area (Å²) in [6, 6.07) is 8.62. The number of aliphatic imine (C=N–C) groups is 1. The number of nitrogens with one attached hydrogen (secondary N) is 1. The van der Waals surface area contributed by atoms with Crippen molar-refractivity contribution in [2.45, 2.75) is 44.8 Å². The monoisotopic (exact) mass is 392 g/mol. The van der Waals surface area contributed by atoms with E-state index in [1.165, 1.54) is 18.4 Å². The van der Waals surface area contributed by atoms with Crippen LogP contribution in [0.25, 0.3) is 0 Å². The van der Waals surface area contributed by atoms with Crippen molar-refractivity contribution >= 4 is 17.6 Å². The Bertz CT molecular complexity index is 630. The fraction of sp³-hybridized carbons (Fsp3) is 0.667. The molecule has 2 fully saturated rings. The highest BCUT2D eigenvalue weighted by Crippen LogP contribution is 2.36.